The van der Waals surface area contributed by atoms with E-state index in [9.17, 15) is 4.79 Å². The SMILES string of the molecule is CCN(CC(=O)OC)C1CC1. The smallest absolute Gasteiger partial charge is 0.319 e. The van der Waals surface area contributed by atoms with E-state index in [1.54, 1.807) is 0 Å². The van der Waals surface area contributed by atoms with Crippen molar-refractivity contribution in [3.63, 3.8) is 0 Å². The molecule has 11 heavy (non-hydrogen) atoms. The molecule has 0 unspecified atom stereocenters. The van der Waals surface area contributed by atoms with E-state index in [1.807, 2.05) is 0 Å². The zero-order valence-electron chi connectivity index (χ0n) is 7.17. The van der Waals surface area contributed by atoms with Crippen LogP contribution in [0, 0.1) is 0 Å². The molecule has 0 N–H and O–H groups in total. The Bertz CT molecular complexity index is 143. The second-order valence-corrected chi connectivity index (χ2v) is 2.87. The van der Waals surface area contributed by atoms with Crippen molar-refractivity contribution in [1.82, 2.24) is 4.90 Å². The Morgan fingerprint density at radius 2 is 2.27 bits per heavy atom. The molecule has 1 aliphatic rings. The number of carbonyl (C=O) groups excluding carboxylic acids is 1. The molecule has 0 radical (unpaired) electrons. The van der Waals surface area contributed by atoms with E-state index < -0.39 is 0 Å². The topological polar surface area (TPSA) is 29.5 Å². The van der Waals surface area contributed by atoms with Gasteiger partial charge in [0.05, 0.1) is 13.7 Å². The molecule has 0 amide bonds. The van der Waals surface area contributed by atoms with Crippen molar-refractivity contribution in [3.8, 4) is 0 Å². The minimum Gasteiger partial charge on any atom is -0.468 e. The number of nitrogens with zero attached hydrogens (tertiary/aromatic N) is 1. The first-order valence-electron chi connectivity index (χ1n) is 4.08. The van der Waals surface area contributed by atoms with Crippen LogP contribution < -0.4 is 0 Å². The summed E-state index contributed by atoms with van der Waals surface area (Å²) in [6.45, 7) is 3.47. The highest BCUT2D eigenvalue weighted by atomic mass is 16.5. The quantitative estimate of drug-likeness (QED) is 0.561. The lowest BCUT2D eigenvalue weighted by Crippen LogP contribution is -2.32. The molecule has 0 aromatic carbocycles. The number of hydrogen-bond acceptors (Lipinski definition) is 3. The lowest BCUT2D eigenvalue weighted by molar-refractivity contribution is -0.142. The highest BCUT2D eigenvalue weighted by Crippen LogP contribution is 2.25. The summed E-state index contributed by atoms with van der Waals surface area (Å²) in [6, 6.07) is 0.652. The lowest BCUT2D eigenvalue weighted by atomic mass is 10.4. The fraction of sp³-hybridized carbons (Fsp3) is 0.875. The van der Waals surface area contributed by atoms with E-state index in [-0.39, 0.29) is 5.97 Å². The normalized spacial score (nSPS) is 17.0. The molecule has 0 atom stereocenters. The van der Waals surface area contributed by atoms with E-state index in [0.717, 1.165) is 6.54 Å². The number of esters is 1. The highest BCUT2D eigenvalue weighted by molar-refractivity contribution is 5.71. The van der Waals surface area contributed by atoms with Crippen molar-refractivity contribution in [2.45, 2.75) is 25.8 Å². The van der Waals surface area contributed by atoms with Gasteiger partial charge in [0.25, 0.3) is 0 Å². The minimum absolute atomic E-state index is 0.126. The minimum atomic E-state index is -0.126. The van der Waals surface area contributed by atoms with Crippen LogP contribution in [0.2, 0.25) is 0 Å². The first-order valence-corrected chi connectivity index (χ1v) is 4.08. The molecule has 1 saturated carbocycles. The van der Waals surface area contributed by atoms with Crippen molar-refractivity contribution < 1.29 is 9.53 Å². The molecule has 0 aromatic heterocycles. The summed E-state index contributed by atoms with van der Waals surface area (Å²) >= 11 is 0. The first kappa shape index (κ1) is 8.53. The number of carbonyl (C=O) groups is 1. The predicted molar refractivity (Wildman–Crippen MR) is 42.3 cm³/mol. The van der Waals surface area contributed by atoms with E-state index >= 15 is 0 Å². The van der Waals surface area contributed by atoms with Gasteiger partial charge in [0.1, 0.15) is 0 Å². The van der Waals surface area contributed by atoms with Gasteiger partial charge in [-0.1, -0.05) is 6.92 Å². The van der Waals surface area contributed by atoms with Gasteiger partial charge in [0.2, 0.25) is 0 Å². The maximum atomic E-state index is 10.8. The van der Waals surface area contributed by atoms with Gasteiger partial charge in [-0.3, -0.25) is 9.69 Å². The molecule has 1 aliphatic carbocycles. The molecule has 1 rings (SSSR count). The van der Waals surface area contributed by atoms with E-state index in [1.165, 1.54) is 20.0 Å². The summed E-state index contributed by atoms with van der Waals surface area (Å²) in [6.07, 6.45) is 2.48. The summed E-state index contributed by atoms with van der Waals surface area (Å²) in [5, 5.41) is 0. The van der Waals surface area contributed by atoms with Crippen LogP contribution in [0.4, 0.5) is 0 Å². The Balaban J connectivity index is 2.25. The van der Waals surface area contributed by atoms with Crippen LogP contribution in [-0.2, 0) is 9.53 Å². The molecule has 3 heteroatoms. The number of likely N-dealkylation sites (N-methyl/N-ethyl adjacent to an activating group) is 1. The fourth-order valence-electron chi connectivity index (χ4n) is 1.17. The van der Waals surface area contributed by atoms with Crippen molar-refractivity contribution >= 4 is 5.97 Å². The molecule has 64 valence electrons. The maximum absolute atomic E-state index is 10.8. The van der Waals surface area contributed by atoms with Crippen LogP contribution in [0.5, 0.6) is 0 Å². The molecule has 0 saturated heterocycles. The van der Waals surface area contributed by atoms with Gasteiger partial charge in [-0.15, -0.1) is 0 Å². The molecule has 0 bridgehead atoms. The second-order valence-electron chi connectivity index (χ2n) is 2.87. The third kappa shape index (κ3) is 2.50. The number of rotatable bonds is 4. The largest absolute Gasteiger partial charge is 0.468 e. The van der Waals surface area contributed by atoms with Crippen LogP contribution >= 0.6 is 0 Å². The summed E-state index contributed by atoms with van der Waals surface area (Å²) < 4.78 is 4.58. The van der Waals surface area contributed by atoms with Gasteiger partial charge >= 0.3 is 5.97 Å². The molecule has 3 nitrogen and oxygen atoms in total. The van der Waals surface area contributed by atoms with Crippen molar-refractivity contribution in [3.05, 3.63) is 0 Å². The van der Waals surface area contributed by atoms with Crippen molar-refractivity contribution in [1.29, 1.82) is 0 Å². The highest BCUT2D eigenvalue weighted by Gasteiger charge is 2.28. The standard InChI is InChI=1S/C8H15NO2/c1-3-9(7-4-5-7)6-8(10)11-2/h7H,3-6H2,1-2H3. The first-order chi connectivity index (χ1) is 5.27. The Kier molecular flexibility index (Phi) is 2.88. The van der Waals surface area contributed by atoms with Crippen molar-refractivity contribution in [2.75, 3.05) is 20.2 Å². The maximum Gasteiger partial charge on any atom is 0.319 e. The number of hydrogen-bond donors (Lipinski definition) is 0. The Labute approximate surface area is 67.3 Å². The van der Waals surface area contributed by atoms with Gasteiger partial charge < -0.3 is 4.74 Å². The van der Waals surface area contributed by atoms with Gasteiger partial charge in [-0.2, -0.15) is 0 Å². The third-order valence-corrected chi connectivity index (χ3v) is 2.03. The van der Waals surface area contributed by atoms with Gasteiger partial charge in [0.15, 0.2) is 0 Å². The number of ether oxygens (including phenoxy) is 1. The van der Waals surface area contributed by atoms with E-state index in [4.69, 9.17) is 0 Å². The van der Waals surface area contributed by atoms with Gasteiger partial charge in [-0.25, -0.2) is 0 Å². The summed E-state index contributed by atoms with van der Waals surface area (Å²) in [7, 11) is 1.43. The second kappa shape index (κ2) is 3.72. The molecule has 1 fully saturated rings. The third-order valence-electron chi connectivity index (χ3n) is 2.03. The lowest BCUT2D eigenvalue weighted by Gasteiger charge is -2.17. The Morgan fingerprint density at radius 1 is 1.64 bits per heavy atom. The molecule has 0 spiro atoms. The van der Waals surface area contributed by atoms with E-state index in [2.05, 4.69) is 16.6 Å². The molecule has 0 aromatic rings. The monoisotopic (exact) mass is 157 g/mol. The average Bonchev–Trinajstić information content (AvgIpc) is 2.82. The Hall–Kier alpha value is -0.570. The van der Waals surface area contributed by atoms with Crippen LogP contribution in [0.1, 0.15) is 19.8 Å². The zero-order chi connectivity index (χ0) is 8.27. The zero-order valence-corrected chi connectivity index (χ0v) is 7.17. The molecule has 0 aliphatic heterocycles. The average molecular weight is 157 g/mol. The van der Waals surface area contributed by atoms with Gasteiger partial charge in [-0.05, 0) is 19.4 Å². The van der Waals surface area contributed by atoms with E-state index in [0.29, 0.717) is 12.6 Å². The van der Waals surface area contributed by atoms with Crippen LogP contribution in [0.25, 0.3) is 0 Å². The van der Waals surface area contributed by atoms with Crippen molar-refractivity contribution in [2.24, 2.45) is 0 Å². The summed E-state index contributed by atoms with van der Waals surface area (Å²) in [5.41, 5.74) is 0. The molecule has 0 heterocycles. The van der Waals surface area contributed by atoms with Crippen LogP contribution in [0.3, 0.4) is 0 Å². The summed E-state index contributed by atoms with van der Waals surface area (Å²) in [5.74, 6) is -0.126. The fourth-order valence-corrected chi connectivity index (χ4v) is 1.17. The molecular formula is C8H15NO2. The predicted octanol–water partition coefficient (Wildman–Crippen LogP) is 0.644. The van der Waals surface area contributed by atoms with Crippen LogP contribution in [-0.4, -0.2) is 37.1 Å². The van der Waals surface area contributed by atoms with Gasteiger partial charge in [0, 0.05) is 6.04 Å². The number of methoxy groups -OCH3 is 1. The van der Waals surface area contributed by atoms with Crippen LogP contribution in [0.15, 0.2) is 0 Å². The molecular weight excluding hydrogens is 142 g/mol. The Morgan fingerprint density at radius 3 is 2.64 bits per heavy atom. The summed E-state index contributed by atoms with van der Waals surface area (Å²) in [4.78, 5) is 13.0.